The molecule has 0 spiro atoms. The van der Waals surface area contributed by atoms with E-state index in [9.17, 15) is 8.78 Å². The predicted octanol–water partition coefficient (Wildman–Crippen LogP) is 2.69. The van der Waals surface area contributed by atoms with Crippen molar-refractivity contribution in [1.29, 1.82) is 0 Å². The van der Waals surface area contributed by atoms with Crippen LogP contribution in [0.15, 0.2) is 12.1 Å². The van der Waals surface area contributed by atoms with Crippen molar-refractivity contribution in [2.75, 3.05) is 6.61 Å². The first-order chi connectivity index (χ1) is 7.99. The van der Waals surface area contributed by atoms with E-state index in [0.717, 1.165) is 6.42 Å². The average Bonchev–Trinajstić information content (AvgIpc) is 2.30. The van der Waals surface area contributed by atoms with Crippen molar-refractivity contribution in [3.8, 4) is 0 Å². The monoisotopic (exact) mass is 243 g/mol. The third-order valence-corrected chi connectivity index (χ3v) is 2.94. The van der Waals surface area contributed by atoms with Crippen LogP contribution in [0.5, 0.6) is 0 Å². The first kappa shape index (κ1) is 14.1. The molecule has 0 saturated heterocycles. The fraction of sp³-hybridized carbons (Fsp3) is 0.538. The zero-order valence-corrected chi connectivity index (χ0v) is 10.4. The second-order valence-corrected chi connectivity index (χ2v) is 4.30. The van der Waals surface area contributed by atoms with Gasteiger partial charge in [-0.3, -0.25) is 0 Å². The number of aliphatic hydroxyl groups excluding tert-OH is 1. The van der Waals surface area contributed by atoms with Crippen LogP contribution in [-0.2, 0) is 0 Å². The Morgan fingerprint density at radius 2 is 1.94 bits per heavy atom. The number of hydrogen-bond acceptors (Lipinski definition) is 2. The van der Waals surface area contributed by atoms with Gasteiger partial charge in [0.2, 0.25) is 0 Å². The molecule has 96 valence electrons. The van der Waals surface area contributed by atoms with Crippen LogP contribution in [0.3, 0.4) is 0 Å². The summed E-state index contributed by atoms with van der Waals surface area (Å²) in [6.07, 6.45) is 0.733. The molecule has 0 aromatic heterocycles. The Bertz CT molecular complexity index is 378. The van der Waals surface area contributed by atoms with Crippen molar-refractivity contribution in [1.82, 2.24) is 5.32 Å². The van der Waals surface area contributed by atoms with Crippen molar-refractivity contribution in [2.45, 2.75) is 39.3 Å². The summed E-state index contributed by atoms with van der Waals surface area (Å²) in [7, 11) is 0. The molecule has 0 fully saturated rings. The van der Waals surface area contributed by atoms with Gasteiger partial charge in [-0.25, -0.2) is 8.78 Å². The van der Waals surface area contributed by atoms with Crippen molar-refractivity contribution in [2.24, 2.45) is 0 Å². The molecule has 1 aromatic rings. The molecule has 4 heteroatoms. The van der Waals surface area contributed by atoms with E-state index < -0.39 is 11.6 Å². The van der Waals surface area contributed by atoms with Crippen molar-refractivity contribution in [3.63, 3.8) is 0 Å². The summed E-state index contributed by atoms with van der Waals surface area (Å²) < 4.78 is 27.0. The van der Waals surface area contributed by atoms with Gasteiger partial charge in [0, 0.05) is 17.6 Å². The van der Waals surface area contributed by atoms with Gasteiger partial charge in [0.25, 0.3) is 0 Å². The van der Waals surface area contributed by atoms with Crippen LogP contribution >= 0.6 is 0 Å². The van der Waals surface area contributed by atoms with Gasteiger partial charge in [0.1, 0.15) is 11.6 Å². The van der Waals surface area contributed by atoms with Gasteiger partial charge in [-0.1, -0.05) is 6.92 Å². The minimum absolute atomic E-state index is 0.0171. The molecule has 0 aliphatic rings. The van der Waals surface area contributed by atoms with E-state index in [2.05, 4.69) is 5.32 Å². The largest absolute Gasteiger partial charge is 0.395 e. The SMILES string of the molecule is CCC(CO)NC(C)c1cc(F)c(C)cc1F. The van der Waals surface area contributed by atoms with Gasteiger partial charge in [-0.15, -0.1) is 0 Å². The second kappa shape index (κ2) is 6.07. The Morgan fingerprint density at radius 1 is 1.29 bits per heavy atom. The topological polar surface area (TPSA) is 32.3 Å². The van der Waals surface area contributed by atoms with E-state index in [1.807, 2.05) is 6.92 Å². The van der Waals surface area contributed by atoms with Crippen LogP contribution in [0.2, 0.25) is 0 Å². The second-order valence-electron chi connectivity index (χ2n) is 4.30. The van der Waals surface area contributed by atoms with Gasteiger partial charge in [-0.05, 0) is 38.0 Å². The molecule has 0 saturated carbocycles. The fourth-order valence-electron chi connectivity index (χ4n) is 1.74. The van der Waals surface area contributed by atoms with Crippen LogP contribution in [0, 0.1) is 18.6 Å². The molecular weight excluding hydrogens is 224 g/mol. The van der Waals surface area contributed by atoms with E-state index in [4.69, 9.17) is 5.11 Å². The lowest BCUT2D eigenvalue weighted by molar-refractivity contribution is 0.229. The normalized spacial score (nSPS) is 14.7. The molecule has 0 amide bonds. The summed E-state index contributed by atoms with van der Waals surface area (Å²) in [5.41, 5.74) is 0.590. The molecule has 2 unspecified atom stereocenters. The van der Waals surface area contributed by atoms with Crippen molar-refractivity contribution in [3.05, 3.63) is 34.9 Å². The van der Waals surface area contributed by atoms with E-state index in [1.165, 1.54) is 19.1 Å². The first-order valence-electron chi connectivity index (χ1n) is 5.82. The van der Waals surface area contributed by atoms with Crippen molar-refractivity contribution < 1.29 is 13.9 Å². The van der Waals surface area contributed by atoms with Crippen LogP contribution in [-0.4, -0.2) is 17.8 Å². The fourth-order valence-corrected chi connectivity index (χ4v) is 1.74. The number of hydrogen-bond donors (Lipinski definition) is 2. The Balaban J connectivity index is 2.88. The molecule has 0 radical (unpaired) electrons. The van der Waals surface area contributed by atoms with E-state index in [-0.39, 0.29) is 18.7 Å². The Labute approximate surface area is 101 Å². The summed E-state index contributed by atoms with van der Waals surface area (Å²) in [4.78, 5) is 0. The molecule has 0 heterocycles. The Morgan fingerprint density at radius 3 is 2.47 bits per heavy atom. The summed E-state index contributed by atoms with van der Waals surface area (Å²) in [5.74, 6) is -0.830. The standard InChI is InChI=1S/C13H19F2NO/c1-4-10(7-17)16-9(3)11-6-12(14)8(2)5-13(11)15/h5-6,9-10,16-17H,4,7H2,1-3H3. The molecule has 0 aliphatic carbocycles. The highest BCUT2D eigenvalue weighted by Crippen LogP contribution is 2.21. The smallest absolute Gasteiger partial charge is 0.128 e. The molecule has 2 atom stereocenters. The number of benzene rings is 1. The Hall–Kier alpha value is -1.00. The zero-order chi connectivity index (χ0) is 13.0. The minimum Gasteiger partial charge on any atom is -0.395 e. The quantitative estimate of drug-likeness (QED) is 0.833. The third kappa shape index (κ3) is 3.48. The maximum atomic E-state index is 13.7. The van der Waals surface area contributed by atoms with E-state index in [0.29, 0.717) is 11.1 Å². The number of nitrogens with one attached hydrogen (secondary N) is 1. The van der Waals surface area contributed by atoms with Gasteiger partial charge in [0.05, 0.1) is 6.61 Å². The van der Waals surface area contributed by atoms with Gasteiger partial charge >= 0.3 is 0 Å². The maximum Gasteiger partial charge on any atom is 0.128 e. The Kier molecular flexibility index (Phi) is 5.02. The lowest BCUT2D eigenvalue weighted by atomic mass is 10.0. The lowest BCUT2D eigenvalue weighted by Crippen LogP contribution is -2.34. The van der Waals surface area contributed by atoms with Crippen LogP contribution < -0.4 is 5.32 Å². The molecule has 17 heavy (non-hydrogen) atoms. The summed E-state index contributed by atoms with van der Waals surface area (Å²) in [6.45, 7) is 5.19. The average molecular weight is 243 g/mol. The van der Waals surface area contributed by atoms with Gasteiger partial charge in [0.15, 0.2) is 0 Å². The summed E-state index contributed by atoms with van der Waals surface area (Å²) in [6, 6.07) is 1.98. The first-order valence-corrected chi connectivity index (χ1v) is 5.82. The summed E-state index contributed by atoms with van der Waals surface area (Å²) in [5, 5.41) is 12.1. The van der Waals surface area contributed by atoms with Crippen molar-refractivity contribution >= 4 is 0 Å². The van der Waals surface area contributed by atoms with E-state index >= 15 is 0 Å². The highest BCUT2D eigenvalue weighted by molar-refractivity contribution is 5.27. The molecule has 2 nitrogen and oxygen atoms in total. The van der Waals surface area contributed by atoms with Crippen LogP contribution in [0.1, 0.15) is 37.4 Å². The molecule has 0 aliphatic heterocycles. The highest BCUT2D eigenvalue weighted by Gasteiger charge is 2.16. The highest BCUT2D eigenvalue weighted by atomic mass is 19.1. The molecule has 2 N–H and O–H groups in total. The number of aryl methyl sites for hydroxylation is 1. The number of rotatable bonds is 5. The zero-order valence-electron chi connectivity index (χ0n) is 10.4. The van der Waals surface area contributed by atoms with Crippen LogP contribution in [0.25, 0.3) is 0 Å². The summed E-state index contributed by atoms with van der Waals surface area (Å²) >= 11 is 0. The van der Waals surface area contributed by atoms with Gasteiger partial charge in [-0.2, -0.15) is 0 Å². The van der Waals surface area contributed by atoms with E-state index in [1.54, 1.807) is 6.92 Å². The molecule has 1 aromatic carbocycles. The molecular formula is C13H19F2NO. The van der Waals surface area contributed by atoms with Crippen LogP contribution in [0.4, 0.5) is 8.78 Å². The maximum absolute atomic E-state index is 13.7. The third-order valence-electron chi connectivity index (χ3n) is 2.94. The van der Waals surface area contributed by atoms with Gasteiger partial charge < -0.3 is 10.4 Å². The lowest BCUT2D eigenvalue weighted by Gasteiger charge is -2.21. The predicted molar refractivity (Wildman–Crippen MR) is 63.8 cm³/mol. The number of halogens is 2. The molecule has 1 rings (SSSR count). The minimum atomic E-state index is -0.420. The number of aliphatic hydroxyl groups is 1. The molecule has 0 bridgehead atoms.